The van der Waals surface area contributed by atoms with Crippen LogP contribution in [0.3, 0.4) is 0 Å². The predicted octanol–water partition coefficient (Wildman–Crippen LogP) is 2.85. The molecule has 0 saturated carbocycles. The molecule has 2 rings (SSSR count). The molecule has 27 heavy (non-hydrogen) atoms. The van der Waals surface area contributed by atoms with Crippen molar-refractivity contribution in [1.82, 2.24) is 15.5 Å². The van der Waals surface area contributed by atoms with Gasteiger partial charge in [-0.3, -0.25) is 9.79 Å². The minimum atomic E-state index is 0.298. The van der Waals surface area contributed by atoms with Gasteiger partial charge in [-0.1, -0.05) is 19.1 Å². The van der Waals surface area contributed by atoms with Crippen LogP contribution in [0.2, 0.25) is 0 Å². The number of nitrogens with zero attached hydrogens (tertiary/aromatic N) is 2. The molecule has 1 aromatic carbocycles. The summed E-state index contributed by atoms with van der Waals surface area (Å²) < 4.78 is 5.74. The molecule has 1 aromatic rings. The van der Waals surface area contributed by atoms with Crippen LogP contribution in [0.4, 0.5) is 0 Å². The van der Waals surface area contributed by atoms with Crippen LogP contribution in [-0.4, -0.2) is 49.6 Å². The zero-order valence-electron chi connectivity index (χ0n) is 17.2. The van der Waals surface area contributed by atoms with Crippen LogP contribution < -0.4 is 15.4 Å². The number of likely N-dealkylation sites (tertiary alicyclic amines) is 1. The summed E-state index contributed by atoms with van der Waals surface area (Å²) >= 11 is 0. The number of guanidine groups is 1. The smallest absolute Gasteiger partial charge is 0.222 e. The van der Waals surface area contributed by atoms with Gasteiger partial charge in [0.1, 0.15) is 5.75 Å². The number of carbonyl (C=O) groups is 1. The molecule has 6 heteroatoms. The average Bonchev–Trinajstić information content (AvgIpc) is 3.08. The zero-order valence-corrected chi connectivity index (χ0v) is 17.2. The Balaban J connectivity index is 1.83. The van der Waals surface area contributed by atoms with E-state index in [1.54, 1.807) is 7.05 Å². The molecule has 1 aliphatic heterocycles. The summed E-state index contributed by atoms with van der Waals surface area (Å²) in [5, 5.41) is 6.72. The van der Waals surface area contributed by atoms with Crippen molar-refractivity contribution in [1.29, 1.82) is 0 Å². The Bertz CT molecular complexity index is 645. The fraction of sp³-hybridized carbons (Fsp3) is 0.619. The number of aliphatic imine (C=N–C) groups is 1. The van der Waals surface area contributed by atoms with E-state index in [1.807, 2.05) is 11.8 Å². The fourth-order valence-electron chi connectivity index (χ4n) is 3.49. The molecule has 0 radical (unpaired) electrons. The molecule has 1 atom stereocenters. The van der Waals surface area contributed by atoms with E-state index in [2.05, 4.69) is 47.7 Å². The number of hydrogen-bond acceptors (Lipinski definition) is 3. The maximum atomic E-state index is 12.0. The molecule has 1 fully saturated rings. The summed E-state index contributed by atoms with van der Waals surface area (Å²) in [7, 11) is 1.77. The van der Waals surface area contributed by atoms with Crippen LogP contribution in [0.1, 0.15) is 50.7 Å². The molecule has 1 heterocycles. The van der Waals surface area contributed by atoms with Gasteiger partial charge in [0, 0.05) is 44.7 Å². The van der Waals surface area contributed by atoms with Gasteiger partial charge in [0.2, 0.25) is 5.91 Å². The number of hydrogen-bond donors (Lipinski definition) is 2. The molecule has 150 valence electrons. The number of ether oxygens (including phenoxy) is 1. The summed E-state index contributed by atoms with van der Waals surface area (Å²) in [6.07, 6.45) is 3.61. The van der Waals surface area contributed by atoms with Crippen LogP contribution in [0.15, 0.2) is 23.2 Å². The molecule has 0 spiro atoms. The Morgan fingerprint density at radius 2 is 2.15 bits per heavy atom. The first-order valence-electron chi connectivity index (χ1n) is 10.0. The maximum absolute atomic E-state index is 12.0. The first-order chi connectivity index (χ1) is 13.1. The average molecular weight is 375 g/mol. The van der Waals surface area contributed by atoms with Gasteiger partial charge in [0.25, 0.3) is 0 Å². The van der Waals surface area contributed by atoms with Crippen LogP contribution in [0, 0.1) is 6.92 Å². The maximum Gasteiger partial charge on any atom is 0.222 e. The molecule has 1 saturated heterocycles. The fourth-order valence-corrected chi connectivity index (χ4v) is 3.49. The van der Waals surface area contributed by atoms with Crippen molar-refractivity contribution >= 4 is 11.9 Å². The molecule has 1 aliphatic rings. The third-order valence-electron chi connectivity index (χ3n) is 4.98. The summed E-state index contributed by atoms with van der Waals surface area (Å²) in [6.45, 7) is 9.20. The van der Waals surface area contributed by atoms with E-state index >= 15 is 0 Å². The second-order valence-electron chi connectivity index (χ2n) is 6.94. The summed E-state index contributed by atoms with van der Waals surface area (Å²) in [5.41, 5.74) is 2.30. The second kappa shape index (κ2) is 10.8. The van der Waals surface area contributed by atoms with E-state index < -0.39 is 0 Å². The van der Waals surface area contributed by atoms with E-state index in [-0.39, 0.29) is 0 Å². The Hall–Kier alpha value is -2.24. The van der Waals surface area contributed by atoms with Crippen LogP contribution >= 0.6 is 0 Å². The SMILES string of the molecule is CCOc1cc(C)ccc1CNC(=NC)NCCC(CC)N1CCCC1=O. The molecule has 0 aromatic heterocycles. The molecule has 0 bridgehead atoms. The lowest BCUT2D eigenvalue weighted by molar-refractivity contribution is -0.129. The minimum Gasteiger partial charge on any atom is -0.494 e. The molecule has 6 nitrogen and oxygen atoms in total. The highest BCUT2D eigenvalue weighted by molar-refractivity contribution is 5.80. The van der Waals surface area contributed by atoms with Gasteiger partial charge in [0.05, 0.1) is 6.61 Å². The lowest BCUT2D eigenvalue weighted by atomic mass is 10.1. The molecule has 0 aliphatic carbocycles. The zero-order chi connectivity index (χ0) is 19.6. The molecular weight excluding hydrogens is 340 g/mol. The lowest BCUT2D eigenvalue weighted by Crippen LogP contribution is -2.41. The largest absolute Gasteiger partial charge is 0.494 e. The van der Waals surface area contributed by atoms with Gasteiger partial charge >= 0.3 is 0 Å². The van der Waals surface area contributed by atoms with Crippen molar-refractivity contribution < 1.29 is 9.53 Å². The third kappa shape index (κ3) is 6.15. The molecule has 2 N–H and O–H groups in total. The summed E-state index contributed by atoms with van der Waals surface area (Å²) in [6, 6.07) is 6.56. The van der Waals surface area contributed by atoms with Crippen molar-refractivity contribution in [2.45, 2.75) is 59.0 Å². The first kappa shape index (κ1) is 21.1. The number of carbonyl (C=O) groups excluding carboxylic acids is 1. The van der Waals surface area contributed by atoms with Gasteiger partial charge in [0.15, 0.2) is 5.96 Å². The van der Waals surface area contributed by atoms with Crippen molar-refractivity contribution in [2.75, 3.05) is 26.7 Å². The lowest BCUT2D eigenvalue weighted by Gasteiger charge is -2.27. The van der Waals surface area contributed by atoms with E-state index in [9.17, 15) is 4.79 Å². The predicted molar refractivity (Wildman–Crippen MR) is 110 cm³/mol. The van der Waals surface area contributed by atoms with Crippen LogP contribution in [-0.2, 0) is 11.3 Å². The van der Waals surface area contributed by atoms with Gasteiger partial charge in [-0.15, -0.1) is 0 Å². The van der Waals surface area contributed by atoms with Crippen molar-refractivity contribution in [3.63, 3.8) is 0 Å². The van der Waals surface area contributed by atoms with E-state index in [4.69, 9.17) is 4.74 Å². The van der Waals surface area contributed by atoms with Crippen LogP contribution in [0.5, 0.6) is 5.75 Å². The van der Waals surface area contributed by atoms with Crippen molar-refractivity contribution in [3.05, 3.63) is 29.3 Å². The normalized spacial score (nSPS) is 15.8. The molecular formula is C21H34N4O2. The van der Waals surface area contributed by atoms with Crippen molar-refractivity contribution in [3.8, 4) is 5.75 Å². The highest BCUT2D eigenvalue weighted by Crippen LogP contribution is 2.20. The van der Waals surface area contributed by atoms with E-state index in [1.165, 1.54) is 5.56 Å². The quantitative estimate of drug-likeness (QED) is 0.515. The Kier molecular flexibility index (Phi) is 8.43. The Labute approximate surface area is 163 Å². The first-order valence-corrected chi connectivity index (χ1v) is 10.0. The highest BCUT2D eigenvalue weighted by Gasteiger charge is 2.26. The number of amides is 1. The van der Waals surface area contributed by atoms with E-state index in [0.29, 0.717) is 31.5 Å². The topological polar surface area (TPSA) is 66.0 Å². The second-order valence-corrected chi connectivity index (χ2v) is 6.94. The summed E-state index contributed by atoms with van der Waals surface area (Å²) in [5.74, 6) is 1.98. The number of aryl methyl sites for hydroxylation is 1. The standard InChI is InChI=1S/C21H34N4O2/c1-5-18(25-13-7-8-20(25)26)11-12-23-21(22-4)24-15-17-10-9-16(3)14-19(17)27-6-2/h9-10,14,18H,5-8,11-13,15H2,1-4H3,(H2,22,23,24). The van der Waals surface area contributed by atoms with Crippen LogP contribution in [0.25, 0.3) is 0 Å². The highest BCUT2D eigenvalue weighted by atomic mass is 16.5. The molecule has 1 amide bonds. The number of benzene rings is 1. The number of nitrogens with one attached hydrogen (secondary N) is 2. The van der Waals surface area contributed by atoms with E-state index in [0.717, 1.165) is 49.6 Å². The third-order valence-corrected chi connectivity index (χ3v) is 4.98. The summed E-state index contributed by atoms with van der Waals surface area (Å²) in [4.78, 5) is 18.3. The monoisotopic (exact) mass is 374 g/mol. The molecule has 1 unspecified atom stereocenters. The van der Waals surface area contributed by atoms with Gasteiger partial charge < -0.3 is 20.3 Å². The minimum absolute atomic E-state index is 0.298. The Morgan fingerprint density at radius 3 is 2.78 bits per heavy atom. The van der Waals surface area contributed by atoms with Gasteiger partial charge in [-0.25, -0.2) is 0 Å². The Morgan fingerprint density at radius 1 is 1.33 bits per heavy atom. The number of rotatable bonds is 9. The van der Waals surface area contributed by atoms with Gasteiger partial charge in [-0.2, -0.15) is 0 Å². The van der Waals surface area contributed by atoms with Crippen molar-refractivity contribution in [2.24, 2.45) is 4.99 Å². The van der Waals surface area contributed by atoms with Gasteiger partial charge in [-0.05, 0) is 44.7 Å².